The second kappa shape index (κ2) is 4.37. The monoisotopic (exact) mass is 319 g/mol. The van der Waals surface area contributed by atoms with Crippen LogP contribution in [0.3, 0.4) is 0 Å². The zero-order valence-corrected chi connectivity index (χ0v) is 12.9. The zero-order chi connectivity index (χ0) is 13.6. The van der Waals surface area contributed by atoms with Crippen LogP contribution in [0, 0.1) is 0 Å². The summed E-state index contributed by atoms with van der Waals surface area (Å²) in [5.41, 5.74) is 10.1. The van der Waals surface area contributed by atoms with E-state index in [0.717, 1.165) is 29.7 Å². The summed E-state index contributed by atoms with van der Waals surface area (Å²) in [6, 6.07) is 8.20. The molecule has 0 unspecified atom stereocenters. The number of benzene rings is 1. The lowest BCUT2D eigenvalue weighted by Gasteiger charge is -2.18. The number of nitrogen functional groups attached to an aromatic ring is 1. The Bertz CT molecular complexity index is 628. The standard InChI is InChI=1S/C15H18BrN3/c1-15(2)8-7-12-13(15)14(17)19(18-12)9-10-5-3-4-6-11(10)16/h3-6H,7-9,17H2,1-2H3. The molecule has 1 aliphatic rings. The first-order valence-corrected chi connectivity index (χ1v) is 7.37. The fourth-order valence-corrected chi connectivity index (χ4v) is 3.31. The predicted molar refractivity (Wildman–Crippen MR) is 81.2 cm³/mol. The summed E-state index contributed by atoms with van der Waals surface area (Å²) in [7, 11) is 0. The molecule has 1 aliphatic carbocycles. The van der Waals surface area contributed by atoms with Gasteiger partial charge in [-0.15, -0.1) is 0 Å². The van der Waals surface area contributed by atoms with E-state index >= 15 is 0 Å². The highest BCUT2D eigenvalue weighted by Crippen LogP contribution is 2.41. The molecule has 2 aromatic rings. The predicted octanol–water partition coefficient (Wildman–Crippen LogP) is 3.50. The van der Waals surface area contributed by atoms with E-state index in [9.17, 15) is 0 Å². The molecule has 0 saturated carbocycles. The summed E-state index contributed by atoms with van der Waals surface area (Å²) < 4.78 is 3.04. The van der Waals surface area contributed by atoms with Crippen LogP contribution >= 0.6 is 15.9 Å². The highest BCUT2D eigenvalue weighted by molar-refractivity contribution is 9.10. The smallest absolute Gasteiger partial charge is 0.126 e. The molecule has 0 aliphatic heterocycles. The van der Waals surface area contributed by atoms with Gasteiger partial charge in [-0.25, -0.2) is 4.68 Å². The summed E-state index contributed by atoms with van der Waals surface area (Å²) in [5.74, 6) is 0.827. The highest BCUT2D eigenvalue weighted by atomic mass is 79.9. The van der Waals surface area contributed by atoms with Crippen molar-refractivity contribution < 1.29 is 0 Å². The number of anilines is 1. The third-order valence-electron chi connectivity index (χ3n) is 4.01. The number of aryl methyl sites for hydroxylation is 1. The lowest BCUT2D eigenvalue weighted by molar-refractivity contribution is 0.515. The van der Waals surface area contributed by atoms with E-state index in [2.05, 4.69) is 35.8 Å². The number of nitrogens with two attached hydrogens (primary N) is 1. The molecule has 4 heteroatoms. The van der Waals surface area contributed by atoms with Crippen molar-refractivity contribution in [2.75, 3.05) is 5.73 Å². The Labute approximate surface area is 121 Å². The lowest BCUT2D eigenvalue weighted by atomic mass is 9.87. The molecule has 3 nitrogen and oxygen atoms in total. The fourth-order valence-electron chi connectivity index (χ4n) is 2.90. The average Bonchev–Trinajstić information content (AvgIpc) is 2.82. The molecule has 1 heterocycles. The molecule has 0 amide bonds. The van der Waals surface area contributed by atoms with Gasteiger partial charge in [0.05, 0.1) is 12.2 Å². The molecule has 0 saturated heterocycles. The molecular formula is C15H18BrN3. The van der Waals surface area contributed by atoms with Crippen LogP contribution in [0.1, 0.15) is 37.1 Å². The Balaban J connectivity index is 1.99. The topological polar surface area (TPSA) is 43.8 Å². The van der Waals surface area contributed by atoms with Crippen molar-refractivity contribution in [3.63, 3.8) is 0 Å². The number of aromatic nitrogens is 2. The van der Waals surface area contributed by atoms with Gasteiger partial charge in [0.1, 0.15) is 5.82 Å². The molecule has 0 atom stereocenters. The first kappa shape index (κ1) is 12.7. The maximum Gasteiger partial charge on any atom is 0.126 e. The molecule has 100 valence electrons. The van der Waals surface area contributed by atoms with E-state index in [1.54, 1.807) is 0 Å². The van der Waals surface area contributed by atoms with Crippen molar-refractivity contribution in [2.24, 2.45) is 0 Å². The number of halogens is 1. The number of fused-ring (bicyclic) bond motifs is 1. The fraction of sp³-hybridized carbons (Fsp3) is 0.400. The van der Waals surface area contributed by atoms with Crippen molar-refractivity contribution in [1.82, 2.24) is 9.78 Å². The number of hydrogen-bond acceptors (Lipinski definition) is 2. The van der Waals surface area contributed by atoms with Crippen LogP contribution < -0.4 is 5.73 Å². The Kier molecular flexibility index (Phi) is 2.93. The van der Waals surface area contributed by atoms with Crippen LogP contribution in [0.4, 0.5) is 5.82 Å². The molecule has 0 fully saturated rings. The molecule has 3 rings (SSSR count). The molecule has 0 spiro atoms. The highest BCUT2D eigenvalue weighted by Gasteiger charge is 2.35. The van der Waals surface area contributed by atoms with Crippen molar-refractivity contribution in [1.29, 1.82) is 0 Å². The van der Waals surface area contributed by atoms with Crippen LogP contribution in [0.15, 0.2) is 28.7 Å². The Morgan fingerprint density at radius 2 is 2.11 bits per heavy atom. The van der Waals surface area contributed by atoms with E-state index in [-0.39, 0.29) is 5.41 Å². The van der Waals surface area contributed by atoms with Crippen molar-refractivity contribution in [3.8, 4) is 0 Å². The van der Waals surface area contributed by atoms with Crippen LogP contribution in [0.2, 0.25) is 0 Å². The Hall–Kier alpha value is -1.29. The van der Waals surface area contributed by atoms with Gasteiger partial charge < -0.3 is 5.73 Å². The third-order valence-corrected chi connectivity index (χ3v) is 4.78. The van der Waals surface area contributed by atoms with Crippen molar-refractivity contribution in [2.45, 2.75) is 38.6 Å². The molecule has 0 radical (unpaired) electrons. The molecule has 1 aromatic carbocycles. The molecule has 19 heavy (non-hydrogen) atoms. The maximum absolute atomic E-state index is 6.31. The minimum atomic E-state index is 0.158. The van der Waals surface area contributed by atoms with Crippen LogP contribution in [-0.2, 0) is 18.4 Å². The van der Waals surface area contributed by atoms with Crippen molar-refractivity contribution in [3.05, 3.63) is 45.6 Å². The minimum Gasteiger partial charge on any atom is -0.384 e. The van der Waals surface area contributed by atoms with E-state index in [1.165, 1.54) is 16.8 Å². The first-order valence-electron chi connectivity index (χ1n) is 6.58. The van der Waals surface area contributed by atoms with E-state index in [4.69, 9.17) is 10.8 Å². The summed E-state index contributed by atoms with van der Waals surface area (Å²) in [5, 5.41) is 4.69. The van der Waals surface area contributed by atoms with Gasteiger partial charge in [0.15, 0.2) is 0 Å². The van der Waals surface area contributed by atoms with Crippen LogP contribution in [-0.4, -0.2) is 9.78 Å². The van der Waals surface area contributed by atoms with E-state index in [1.807, 2.05) is 22.9 Å². The minimum absolute atomic E-state index is 0.158. The largest absolute Gasteiger partial charge is 0.384 e. The number of nitrogens with zero attached hydrogens (tertiary/aromatic N) is 2. The summed E-state index contributed by atoms with van der Waals surface area (Å²) in [4.78, 5) is 0. The quantitative estimate of drug-likeness (QED) is 0.920. The normalized spacial score (nSPS) is 16.6. The molecule has 2 N–H and O–H groups in total. The average molecular weight is 320 g/mol. The van der Waals surface area contributed by atoms with Gasteiger partial charge in [0.2, 0.25) is 0 Å². The maximum atomic E-state index is 6.31. The second-order valence-corrected chi connectivity index (χ2v) is 6.69. The molecule has 0 bridgehead atoms. The second-order valence-electron chi connectivity index (χ2n) is 5.84. The van der Waals surface area contributed by atoms with Crippen LogP contribution in [0.5, 0.6) is 0 Å². The van der Waals surface area contributed by atoms with Gasteiger partial charge in [-0.2, -0.15) is 5.10 Å². The van der Waals surface area contributed by atoms with Gasteiger partial charge in [0, 0.05) is 10.0 Å². The molecule has 1 aromatic heterocycles. The van der Waals surface area contributed by atoms with Gasteiger partial charge in [-0.05, 0) is 29.9 Å². The summed E-state index contributed by atoms with van der Waals surface area (Å²) in [6.45, 7) is 5.22. The van der Waals surface area contributed by atoms with E-state index < -0.39 is 0 Å². The lowest BCUT2D eigenvalue weighted by Crippen LogP contribution is -2.16. The third kappa shape index (κ3) is 2.08. The summed E-state index contributed by atoms with van der Waals surface area (Å²) in [6.07, 6.45) is 2.18. The van der Waals surface area contributed by atoms with Crippen molar-refractivity contribution >= 4 is 21.7 Å². The van der Waals surface area contributed by atoms with Gasteiger partial charge in [0.25, 0.3) is 0 Å². The first-order chi connectivity index (χ1) is 8.99. The number of rotatable bonds is 2. The van der Waals surface area contributed by atoms with Gasteiger partial charge in [-0.1, -0.05) is 48.0 Å². The Morgan fingerprint density at radius 3 is 2.79 bits per heavy atom. The van der Waals surface area contributed by atoms with E-state index in [0.29, 0.717) is 0 Å². The van der Waals surface area contributed by atoms with Gasteiger partial charge in [-0.3, -0.25) is 0 Å². The summed E-state index contributed by atoms with van der Waals surface area (Å²) >= 11 is 3.58. The zero-order valence-electron chi connectivity index (χ0n) is 11.3. The number of hydrogen-bond donors (Lipinski definition) is 1. The van der Waals surface area contributed by atoms with Gasteiger partial charge >= 0.3 is 0 Å². The Morgan fingerprint density at radius 1 is 1.37 bits per heavy atom. The molecular weight excluding hydrogens is 302 g/mol. The SMILES string of the molecule is CC1(C)CCc2nn(Cc3ccccc3Br)c(N)c21. The van der Waals surface area contributed by atoms with Crippen LogP contribution in [0.25, 0.3) is 0 Å².